The molecular weight excluding hydrogens is 274 g/mol. The monoisotopic (exact) mass is 299 g/mol. The van der Waals surface area contributed by atoms with Gasteiger partial charge in [-0.05, 0) is 17.0 Å². The van der Waals surface area contributed by atoms with Gasteiger partial charge in [-0.15, -0.1) is 0 Å². The number of para-hydroxylation sites is 1. The van der Waals surface area contributed by atoms with Crippen molar-refractivity contribution in [1.29, 1.82) is 0 Å². The van der Waals surface area contributed by atoms with E-state index < -0.39 is 9.84 Å². The molecule has 0 saturated heterocycles. The molecule has 0 unspecified atom stereocenters. The van der Waals surface area contributed by atoms with Crippen molar-refractivity contribution in [3.8, 4) is 5.75 Å². The van der Waals surface area contributed by atoms with Crippen molar-refractivity contribution in [3.63, 3.8) is 0 Å². The van der Waals surface area contributed by atoms with Crippen LogP contribution in [0.5, 0.6) is 5.75 Å². The molecule has 1 N–H and O–H groups in total. The molecule has 0 aromatic heterocycles. The van der Waals surface area contributed by atoms with Crippen LogP contribution in [0.2, 0.25) is 0 Å². The van der Waals surface area contributed by atoms with Crippen molar-refractivity contribution >= 4 is 9.84 Å². The maximum absolute atomic E-state index is 11.0. The molecule has 114 valence electrons. The normalized spacial score (nSPS) is 12.4. The van der Waals surface area contributed by atoms with E-state index in [1.54, 1.807) is 0 Å². The molecule has 0 heterocycles. The van der Waals surface area contributed by atoms with Gasteiger partial charge in [0.05, 0.1) is 5.75 Å². The SMILES string of the molecule is CC(C)(C)c1ccccc1OCCNCCS(C)(=O)=O. The standard InChI is InChI=1S/C15H25NO3S/c1-15(2,3)13-7-5-6-8-14(13)19-11-9-16-10-12-20(4,17)18/h5-8,16H,9-12H2,1-4H3. The van der Waals surface area contributed by atoms with Gasteiger partial charge in [-0.1, -0.05) is 39.0 Å². The van der Waals surface area contributed by atoms with Crippen LogP contribution in [0.3, 0.4) is 0 Å². The predicted molar refractivity (Wildman–Crippen MR) is 83.2 cm³/mol. The second kappa shape index (κ2) is 7.09. The van der Waals surface area contributed by atoms with E-state index in [-0.39, 0.29) is 11.2 Å². The summed E-state index contributed by atoms with van der Waals surface area (Å²) in [5.74, 6) is 1.05. The lowest BCUT2D eigenvalue weighted by molar-refractivity contribution is 0.307. The van der Waals surface area contributed by atoms with E-state index in [1.165, 1.54) is 11.8 Å². The van der Waals surface area contributed by atoms with Crippen LogP contribution in [0, 0.1) is 0 Å². The van der Waals surface area contributed by atoms with Crippen LogP contribution in [0.25, 0.3) is 0 Å². The molecule has 0 bridgehead atoms. The van der Waals surface area contributed by atoms with Gasteiger partial charge in [-0.3, -0.25) is 0 Å². The van der Waals surface area contributed by atoms with Crippen molar-refractivity contribution in [3.05, 3.63) is 29.8 Å². The van der Waals surface area contributed by atoms with E-state index in [9.17, 15) is 8.42 Å². The Balaban J connectivity index is 2.40. The number of nitrogens with one attached hydrogen (secondary N) is 1. The maximum atomic E-state index is 11.0. The Morgan fingerprint density at radius 3 is 2.40 bits per heavy atom. The third-order valence-corrected chi connectivity index (χ3v) is 3.83. The van der Waals surface area contributed by atoms with Crippen LogP contribution in [0.1, 0.15) is 26.3 Å². The molecule has 5 heteroatoms. The molecule has 0 fully saturated rings. The zero-order valence-electron chi connectivity index (χ0n) is 12.8. The highest BCUT2D eigenvalue weighted by atomic mass is 32.2. The van der Waals surface area contributed by atoms with Crippen molar-refractivity contribution in [2.24, 2.45) is 0 Å². The fraction of sp³-hybridized carbons (Fsp3) is 0.600. The van der Waals surface area contributed by atoms with Gasteiger partial charge < -0.3 is 10.1 Å². The van der Waals surface area contributed by atoms with Gasteiger partial charge in [-0.2, -0.15) is 0 Å². The highest BCUT2D eigenvalue weighted by molar-refractivity contribution is 7.90. The zero-order chi connectivity index (χ0) is 15.2. The Labute approximate surface area is 122 Å². The quantitative estimate of drug-likeness (QED) is 0.782. The minimum absolute atomic E-state index is 0.0420. The van der Waals surface area contributed by atoms with Crippen LogP contribution in [0.4, 0.5) is 0 Å². The van der Waals surface area contributed by atoms with Gasteiger partial charge in [0.1, 0.15) is 22.2 Å². The first-order chi connectivity index (χ1) is 9.20. The summed E-state index contributed by atoms with van der Waals surface area (Å²) in [5.41, 5.74) is 1.22. The summed E-state index contributed by atoms with van der Waals surface area (Å²) in [5, 5.41) is 3.07. The first kappa shape index (κ1) is 17.0. The van der Waals surface area contributed by atoms with Crippen molar-refractivity contribution in [1.82, 2.24) is 5.32 Å². The first-order valence-corrected chi connectivity index (χ1v) is 8.87. The fourth-order valence-electron chi connectivity index (χ4n) is 1.83. The van der Waals surface area contributed by atoms with E-state index in [2.05, 4.69) is 32.2 Å². The zero-order valence-corrected chi connectivity index (χ0v) is 13.6. The van der Waals surface area contributed by atoms with Crippen LogP contribution in [0.15, 0.2) is 24.3 Å². The average molecular weight is 299 g/mol. The number of hydrogen-bond donors (Lipinski definition) is 1. The lowest BCUT2D eigenvalue weighted by Crippen LogP contribution is -2.27. The number of sulfone groups is 1. The molecule has 0 spiro atoms. The number of ether oxygens (including phenoxy) is 1. The van der Waals surface area contributed by atoms with Gasteiger partial charge in [0, 0.05) is 19.3 Å². The number of benzene rings is 1. The van der Waals surface area contributed by atoms with Crippen molar-refractivity contribution in [2.45, 2.75) is 26.2 Å². The predicted octanol–water partition coefficient (Wildman–Crippen LogP) is 2.00. The fourth-order valence-corrected chi connectivity index (χ4v) is 2.34. The smallest absolute Gasteiger partial charge is 0.148 e. The summed E-state index contributed by atoms with van der Waals surface area (Å²) in [6, 6.07) is 8.02. The molecule has 0 radical (unpaired) electrons. The van der Waals surface area contributed by atoms with Gasteiger partial charge in [0.15, 0.2) is 0 Å². The third kappa shape index (κ3) is 6.39. The van der Waals surface area contributed by atoms with Gasteiger partial charge in [-0.25, -0.2) is 8.42 Å². The Morgan fingerprint density at radius 1 is 1.15 bits per heavy atom. The summed E-state index contributed by atoms with van der Waals surface area (Å²) < 4.78 is 27.7. The molecule has 0 amide bonds. The lowest BCUT2D eigenvalue weighted by atomic mass is 9.86. The van der Waals surface area contributed by atoms with Gasteiger partial charge in [0.2, 0.25) is 0 Å². The second-order valence-electron chi connectivity index (χ2n) is 5.97. The second-order valence-corrected chi connectivity index (χ2v) is 8.23. The number of hydrogen-bond acceptors (Lipinski definition) is 4. The summed E-state index contributed by atoms with van der Waals surface area (Å²) in [6.07, 6.45) is 1.24. The van der Waals surface area contributed by atoms with E-state index in [0.717, 1.165) is 5.75 Å². The molecule has 0 atom stereocenters. The highest BCUT2D eigenvalue weighted by Crippen LogP contribution is 2.30. The average Bonchev–Trinajstić information content (AvgIpc) is 2.31. The van der Waals surface area contributed by atoms with Gasteiger partial charge >= 0.3 is 0 Å². The van der Waals surface area contributed by atoms with Crippen molar-refractivity contribution in [2.75, 3.05) is 31.7 Å². The van der Waals surface area contributed by atoms with E-state index in [4.69, 9.17) is 4.74 Å². The first-order valence-electron chi connectivity index (χ1n) is 6.81. The minimum atomic E-state index is -2.89. The molecule has 20 heavy (non-hydrogen) atoms. The number of rotatable bonds is 7. The summed E-state index contributed by atoms with van der Waals surface area (Å²) >= 11 is 0. The molecule has 1 aromatic carbocycles. The Morgan fingerprint density at radius 2 is 1.80 bits per heavy atom. The van der Waals surface area contributed by atoms with Gasteiger partial charge in [0.25, 0.3) is 0 Å². The van der Waals surface area contributed by atoms with Crippen LogP contribution < -0.4 is 10.1 Å². The molecule has 0 aliphatic rings. The summed E-state index contributed by atoms with van der Waals surface area (Å²) in [4.78, 5) is 0. The molecule has 0 aliphatic heterocycles. The minimum Gasteiger partial charge on any atom is -0.492 e. The molecule has 0 saturated carbocycles. The van der Waals surface area contributed by atoms with Crippen LogP contribution in [-0.4, -0.2) is 40.1 Å². The maximum Gasteiger partial charge on any atom is 0.148 e. The molecule has 1 rings (SSSR count). The van der Waals surface area contributed by atoms with Crippen LogP contribution >= 0.6 is 0 Å². The molecular formula is C15H25NO3S. The van der Waals surface area contributed by atoms with E-state index in [1.807, 2.05) is 18.2 Å². The lowest BCUT2D eigenvalue weighted by Gasteiger charge is -2.22. The highest BCUT2D eigenvalue weighted by Gasteiger charge is 2.18. The van der Waals surface area contributed by atoms with Crippen LogP contribution in [-0.2, 0) is 15.3 Å². The van der Waals surface area contributed by atoms with E-state index in [0.29, 0.717) is 19.7 Å². The third-order valence-electron chi connectivity index (χ3n) is 2.88. The topological polar surface area (TPSA) is 55.4 Å². The Hall–Kier alpha value is -1.07. The largest absolute Gasteiger partial charge is 0.492 e. The van der Waals surface area contributed by atoms with Crippen molar-refractivity contribution < 1.29 is 13.2 Å². The summed E-state index contributed by atoms with van der Waals surface area (Å²) in [6.45, 7) is 8.08. The summed E-state index contributed by atoms with van der Waals surface area (Å²) in [7, 11) is -2.89. The Bertz CT molecular complexity index is 518. The van der Waals surface area contributed by atoms with E-state index >= 15 is 0 Å². The molecule has 4 nitrogen and oxygen atoms in total. The molecule has 1 aromatic rings. The molecule has 0 aliphatic carbocycles. The Kier molecular flexibility index (Phi) is 6.02.